The third kappa shape index (κ3) is 4.67. The number of alkyl halides is 3. The number of carbonyl (C=O) groups is 2. The monoisotopic (exact) mass is 489 g/mol. The lowest BCUT2D eigenvalue weighted by Crippen LogP contribution is -2.26. The zero-order chi connectivity index (χ0) is 23.7. The van der Waals surface area contributed by atoms with Crippen molar-refractivity contribution in [1.82, 2.24) is 30.0 Å². The van der Waals surface area contributed by atoms with Gasteiger partial charge in [-0.2, -0.15) is 23.0 Å². The second-order valence-electron chi connectivity index (χ2n) is 6.02. The van der Waals surface area contributed by atoms with Crippen molar-refractivity contribution in [2.24, 2.45) is 5.73 Å². The lowest BCUT2D eigenvalue weighted by atomic mass is 10.2. The van der Waals surface area contributed by atoms with E-state index in [1.165, 1.54) is 6.07 Å². The van der Waals surface area contributed by atoms with E-state index in [-0.39, 0.29) is 28.9 Å². The number of benzene rings is 1. The Hall–Kier alpha value is -3.59. The normalized spacial score (nSPS) is 11.9. The van der Waals surface area contributed by atoms with Gasteiger partial charge >= 0.3 is 5.51 Å². The number of aromatic nitrogens is 5. The van der Waals surface area contributed by atoms with Crippen LogP contribution in [0.5, 0.6) is 0 Å². The van der Waals surface area contributed by atoms with Crippen LogP contribution in [0.15, 0.2) is 41.8 Å². The number of hydrogen-bond donors (Lipinski definition) is 2. The van der Waals surface area contributed by atoms with Gasteiger partial charge in [0.05, 0.1) is 11.4 Å². The molecule has 0 aliphatic carbocycles. The molecule has 0 atom stereocenters. The predicted octanol–water partition coefficient (Wildman–Crippen LogP) is 1.03. The fourth-order valence-corrected chi connectivity index (χ4v) is 3.55. The Morgan fingerprint density at radius 1 is 1.09 bits per heavy atom. The molecule has 0 saturated carbocycles. The lowest BCUT2D eigenvalue weighted by Gasteiger charge is -2.11. The van der Waals surface area contributed by atoms with Crippen molar-refractivity contribution >= 4 is 33.3 Å². The van der Waals surface area contributed by atoms with Gasteiger partial charge in [-0.3, -0.25) is 9.59 Å². The average Bonchev–Trinajstić information content (AvgIpc) is 3.19. The molecule has 3 rings (SSSR count). The van der Waals surface area contributed by atoms with Crippen molar-refractivity contribution in [3.05, 3.63) is 59.0 Å². The molecule has 168 valence electrons. The van der Waals surface area contributed by atoms with Crippen molar-refractivity contribution < 1.29 is 31.2 Å². The summed E-state index contributed by atoms with van der Waals surface area (Å²) < 4.78 is 62.8. The van der Waals surface area contributed by atoms with Gasteiger partial charge in [-0.25, -0.2) is 23.4 Å². The molecule has 16 heteroatoms. The minimum atomic E-state index is -5.71. The van der Waals surface area contributed by atoms with E-state index in [2.05, 4.69) is 25.4 Å². The van der Waals surface area contributed by atoms with Crippen LogP contribution in [0.2, 0.25) is 5.02 Å². The van der Waals surface area contributed by atoms with Gasteiger partial charge in [0.25, 0.3) is 21.7 Å². The summed E-state index contributed by atoms with van der Waals surface area (Å²) in [7, 11) is -5.71. The third-order valence-electron chi connectivity index (χ3n) is 3.90. The molecule has 0 spiro atoms. The molecule has 1 aromatic carbocycles. The van der Waals surface area contributed by atoms with E-state index in [4.69, 9.17) is 17.3 Å². The van der Waals surface area contributed by atoms with Gasteiger partial charge in [-0.1, -0.05) is 11.6 Å². The number of carbonyl (C=O) groups excluding carboxylic acids is 2. The summed E-state index contributed by atoms with van der Waals surface area (Å²) in [6.07, 6.45) is 2.19. The molecule has 0 aliphatic rings. The molecule has 0 saturated heterocycles. The fourth-order valence-electron chi connectivity index (χ4n) is 2.42. The lowest BCUT2D eigenvalue weighted by molar-refractivity contribution is -0.0436. The van der Waals surface area contributed by atoms with Gasteiger partial charge in [-0.05, 0) is 18.2 Å². The number of nitrogens with one attached hydrogen (secondary N) is 1. The van der Waals surface area contributed by atoms with Gasteiger partial charge in [0.1, 0.15) is 18.3 Å². The Bertz CT molecular complexity index is 1310. The number of rotatable bonds is 6. The van der Waals surface area contributed by atoms with Crippen molar-refractivity contribution in [1.29, 1.82) is 0 Å². The molecule has 2 aromatic heterocycles. The summed E-state index contributed by atoms with van der Waals surface area (Å²) in [5.41, 5.74) is -0.929. The number of primary amides is 1. The van der Waals surface area contributed by atoms with Crippen LogP contribution in [0.4, 0.5) is 13.2 Å². The first-order valence-corrected chi connectivity index (χ1v) is 10.2. The van der Waals surface area contributed by atoms with Crippen LogP contribution < -0.4 is 11.1 Å². The van der Waals surface area contributed by atoms with E-state index in [9.17, 15) is 31.2 Å². The highest BCUT2D eigenvalue weighted by molar-refractivity contribution is 7.92. The number of amides is 2. The molecule has 11 nitrogen and oxygen atoms in total. The smallest absolute Gasteiger partial charge is 0.364 e. The van der Waals surface area contributed by atoms with Gasteiger partial charge in [-0.15, -0.1) is 0 Å². The molecule has 2 heterocycles. The minimum Gasteiger partial charge on any atom is -0.364 e. The second kappa shape index (κ2) is 8.51. The highest BCUT2D eigenvalue weighted by Crippen LogP contribution is 2.32. The number of sulfone groups is 1. The first-order valence-electron chi connectivity index (χ1n) is 8.31. The van der Waals surface area contributed by atoms with Crippen molar-refractivity contribution in [2.75, 3.05) is 0 Å². The summed E-state index contributed by atoms with van der Waals surface area (Å²) >= 11 is 5.71. The van der Waals surface area contributed by atoms with Crippen molar-refractivity contribution in [2.45, 2.75) is 16.9 Å². The van der Waals surface area contributed by atoms with Gasteiger partial charge in [0.15, 0.2) is 11.6 Å². The zero-order valence-corrected chi connectivity index (χ0v) is 17.1. The van der Waals surface area contributed by atoms with E-state index in [1.54, 1.807) is 0 Å². The van der Waals surface area contributed by atoms with E-state index < -0.39 is 37.6 Å². The number of halogens is 4. The van der Waals surface area contributed by atoms with E-state index in [0.29, 0.717) is 12.1 Å². The number of nitrogens with zero attached hydrogens (tertiary/aromatic N) is 5. The second-order valence-corrected chi connectivity index (χ2v) is 8.40. The molecule has 0 aliphatic heterocycles. The van der Waals surface area contributed by atoms with Crippen LogP contribution in [0.25, 0.3) is 5.82 Å². The maximum absolute atomic E-state index is 12.8. The largest absolute Gasteiger partial charge is 0.501 e. The summed E-state index contributed by atoms with van der Waals surface area (Å²) in [5.74, 6) is -1.51. The molecular weight excluding hydrogens is 479 g/mol. The van der Waals surface area contributed by atoms with Gasteiger partial charge < -0.3 is 11.1 Å². The van der Waals surface area contributed by atoms with Crippen LogP contribution in [-0.2, 0) is 16.4 Å². The maximum atomic E-state index is 12.8. The molecule has 0 fully saturated rings. The Morgan fingerprint density at radius 2 is 1.81 bits per heavy atom. The van der Waals surface area contributed by atoms with Crippen molar-refractivity contribution in [3.8, 4) is 5.82 Å². The van der Waals surface area contributed by atoms with Gasteiger partial charge in [0, 0.05) is 16.7 Å². The van der Waals surface area contributed by atoms with E-state index >= 15 is 0 Å². The molecule has 2 amide bonds. The zero-order valence-electron chi connectivity index (χ0n) is 15.5. The molecule has 0 bridgehead atoms. The van der Waals surface area contributed by atoms with Crippen LogP contribution in [0.3, 0.4) is 0 Å². The minimum absolute atomic E-state index is 0.0992. The first kappa shape index (κ1) is 23.1. The highest BCUT2D eigenvalue weighted by atomic mass is 35.5. The van der Waals surface area contributed by atoms with Crippen LogP contribution in [0, 0.1) is 0 Å². The molecule has 32 heavy (non-hydrogen) atoms. The van der Waals surface area contributed by atoms with Crippen LogP contribution in [0.1, 0.15) is 26.7 Å². The van der Waals surface area contributed by atoms with E-state index in [1.807, 2.05) is 0 Å². The molecular formula is C16H11ClF3N7O4S. The van der Waals surface area contributed by atoms with Crippen LogP contribution in [-0.4, -0.2) is 50.5 Å². The van der Waals surface area contributed by atoms with E-state index in [0.717, 1.165) is 23.4 Å². The number of nitrogens with two attached hydrogens (primary N) is 1. The topological polar surface area (TPSA) is 163 Å². The Balaban J connectivity index is 1.83. The Kier molecular flexibility index (Phi) is 6.13. The standard InChI is InChI=1S/C16H11ClF3N7O4S/c17-9-1-8(2-10(3-9)32(30,31)16(18,19)20)15(29)22-5-13-25-7-26-27(13)12-4-11(14(21)28)23-6-24-12/h1-4,6-7H,5H2,(H2,21,28)(H,22,29). The summed E-state index contributed by atoms with van der Waals surface area (Å²) in [6.45, 7) is -0.289. The third-order valence-corrected chi connectivity index (χ3v) is 5.58. The van der Waals surface area contributed by atoms with Gasteiger partial charge in [0.2, 0.25) is 0 Å². The Morgan fingerprint density at radius 3 is 2.47 bits per heavy atom. The Labute approximate surface area is 182 Å². The molecule has 0 unspecified atom stereocenters. The predicted molar refractivity (Wildman–Crippen MR) is 101 cm³/mol. The quantitative estimate of drug-likeness (QED) is 0.518. The summed E-state index contributed by atoms with van der Waals surface area (Å²) in [6, 6.07) is 3.37. The first-order chi connectivity index (χ1) is 14.9. The fraction of sp³-hybridized carbons (Fsp3) is 0.125. The highest BCUT2D eigenvalue weighted by Gasteiger charge is 2.47. The summed E-state index contributed by atoms with van der Waals surface area (Å²) in [4.78, 5) is 34.1. The molecule has 3 aromatic rings. The molecule has 0 radical (unpaired) electrons. The molecule has 3 N–H and O–H groups in total. The summed E-state index contributed by atoms with van der Waals surface area (Å²) in [5, 5.41) is 5.89. The van der Waals surface area contributed by atoms with Crippen molar-refractivity contribution in [3.63, 3.8) is 0 Å². The SMILES string of the molecule is NC(=O)c1cc(-n2ncnc2CNC(=O)c2cc(Cl)cc(S(=O)(=O)C(F)(F)F)c2)ncn1. The number of hydrogen-bond acceptors (Lipinski definition) is 8. The van der Waals surface area contributed by atoms with Crippen LogP contribution >= 0.6 is 11.6 Å². The maximum Gasteiger partial charge on any atom is 0.501 e. The average molecular weight is 490 g/mol.